The van der Waals surface area contributed by atoms with E-state index in [0.717, 1.165) is 0 Å². The number of ketones is 1. The van der Waals surface area contributed by atoms with Crippen LogP contribution in [0.2, 0.25) is 0 Å². The highest BCUT2D eigenvalue weighted by Gasteiger charge is 2.13. The molecule has 0 saturated heterocycles. The Morgan fingerprint density at radius 3 is 2.88 bits per heavy atom. The third-order valence-corrected chi connectivity index (χ3v) is 2.01. The number of hydrogen-bond donors (Lipinski definition) is 0. The van der Waals surface area contributed by atoms with Gasteiger partial charge in [-0.15, -0.1) is 0 Å². The van der Waals surface area contributed by atoms with Crippen LogP contribution in [0.4, 0.5) is 5.69 Å². The van der Waals surface area contributed by atoms with E-state index in [1.807, 2.05) is 0 Å². The minimum absolute atomic E-state index is 0.0106. The molecule has 0 saturated carbocycles. The topological polar surface area (TPSA) is 82.3 Å². The van der Waals surface area contributed by atoms with E-state index in [9.17, 15) is 14.9 Å². The molecule has 0 amide bonds. The monoisotopic (exact) mass is 224 g/mol. The van der Waals surface area contributed by atoms with Gasteiger partial charge < -0.3 is 4.74 Å². The van der Waals surface area contributed by atoms with Crippen molar-refractivity contribution in [1.29, 1.82) is 0 Å². The summed E-state index contributed by atoms with van der Waals surface area (Å²) >= 11 is 0. The number of ether oxygens (including phenoxy) is 1. The lowest BCUT2D eigenvalue weighted by molar-refractivity contribution is -0.385. The predicted molar refractivity (Wildman–Crippen MR) is 56.2 cm³/mol. The number of hydrogen-bond acceptors (Lipinski definition) is 5. The Kier molecular flexibility index (Phi) is 4.07. The van der Waals surface area contributed by atoms with Gasteiger partial charge in [-0.25, -0.2) is 0 Å². The van der Waals surface area contributed by atoms with E-state index in [0.29, 0.717) is 11.3 Å². The van der Waals surface area contributed by atoms with Gasteiger partial charge in [-0.1, -0.05) is 0 Å². The molecule has 0 unspecified atom stereocenters. The van der Waals surface area contributed by atoms with Crippen molar-refractivity contribution in [3.05, 3.63) is 33.6 Å². The van der Waals surface area contributed by atoms with Crippen LogP contribution in [0, 0.1) is 17.0 Å². The second kappa shape index (κ2) is 5.32. The molecule has 0 aromatic carbocycles. The number of aryl methyl sites for hydroxylation is 1. The Morgan fingerprint density at radius 2 is 2.31 bits per heavy atom. The number of methoxy groups -OCH3 is 1. The lowest BCUT2D eigenvalue weighted by Crippen LogP contribution is -2.11. The van der Waals surface area contributed by atoms with E-state index in [2.05, 4.69) is 9.72 Å². The van der Waals surface area contributed by atoms with Crippen LogP contribution in [0.1, 0.15) is 11.3 Å². The van der Waals surface area contributed by atoms with Crippen molar-refractivity contribution in [2.45, 2.75) is 13.3 Å². The van der Waals surface area contributed by atoms with Gasteiger partial charge in [-0.3, -0.25) is 19.9 Å². The van der Waals surface area contributed by atoms with Crippen LogP contribution in [0.5, 0.6) is 0 Å². The first-order valence-corrected chi connectivity index (χ1v) is 4.65. The number of nitro groups is 1. The van der Waals surface area contributed by atoms with Crippen molar-refractivity contribution in [3.8, 4) is 0 Å². The first-order valence-electron chi connectivity index (χ1n) is 4.65. The van der Waals surface area contributed by atoms with E-state index in [1.165, 1.54) is 19.4 Å². The van der Waals surface area contributed by atoms with Crippen molar-refractivity contribution >= 4 is 11.5 Å². The molecule has 0 aliphatic heterocycles. The maximum Gasteiger partial charge on any atom is 0.275 e. The normalized spacial score (nSPS) is 10.1. The number of pyridine rings is 1. The van der Waals surface area contributed by atoms with Gasteiger partial charge in [0.2, 0.25) is 0 Å². The summed E-state index contributed by atoms with van der Waals surface area (Å²) in [6.07, 6.45) is 1.45. The minimum atomic E-state index is -0.485. The van der Waals surface area contributed by atoms with Gasteiger partial charge in [0.25, 0.3) is 5.69 Å². The Balaban J connectivity index is 2.87. The molecule has 0 spiro atoms. The molecular weight excluding hydrogens is 212 g/mol. The van der Waals surface area contributed by atoms with Crippen LogP contribution in [0.3, 0.4) is 0 Å². The summed E-state index contributed by atoms with van der Waals surface area (Å²) in [7, 11) is 1.42. The average molecular weight is 224 g/mol. The first-order chi connectivity index (χ1) is 7.54. The summed E-state index contributed by atoms with van der Waals surface area (Å²) in [5.74, 6) is -0.159. The smallest absolute Gasteiger partial charge is 0.275 e. The molecule has 1 rings (SSSR count). The molecule has 86 valence electrons. The molecule has 0 bridgehead atoms. The van der Waals surface area contributed by atoms with Crippen LogP contribution in [0.25, 0.3) is 0 Å². The van der Waals surface area contributed by atoms with E-state index < -0.39 is 4.92 Å². The quantitative estimate of drug-likeness (QED) is 0.551. The van der Waals surface area contributed by atoms with E-state index in [-0.39, 0.29) is 24.5 Å². The predicted octanol–water partition coefficient (Wildman–Crippen LogP) is 1.06. The SMILES string of the molecule is COCC(=O)Cc1cc([N+](=O)[O-])c(C)cn1. The van der Waals surface area contributed by atoms with Gasteiger partial charge in [0.15, 0.2) is 5.78 Å². The maximum absolute atomic E-state index is 11.2. The average Bonchev–Trinajstić information content (AvgIpc) is 2.21. The third kappa shape index (κ3) is 3.09. The molecular formula is C10H12N2O4. The maximum atomic E-state index is 11.2. The van der Waals surface area contributed by atoms with Gasteiger partial charge in [-0.05, 0) is 6.92 Å². The molecule has 0 fully saturated rings. The Labute approximate surface area is 92.4 Å². The summed E-state index contributed by atoms with van der Waals surface area (Å²) in [5, 5.41) is 10.7. The number of carbonyl (C=O) groups excluding carboxylic acids is 1. The number of carbonyl (C=O) groups is 1. The summed E-state index contributed by atoms with van der Waals surface area (Å²) in [6, 6.07) is 1.32. The molecule has 1 heterocycles. The number of aromatic nitrogens is 1. The van der Waals surface area contributed by atoms with Crippen LogP contribution < -0.4 is 0 Å². The van der Waals surface area contributed by atoms with Crippen molar-refractivity contribution in [2.75, 3.05) is 13.7 Å². The van der Waals surface area contributed by atoms with Gasteiger partial charge in [0, 0.05) is 24.9 Å². The number of rotatable bonds is 5. The molecule has 16 heavy (non-hydrogen) atoms. The number of nitrogens with zero attached hydrogens (tertiary/aromatic N) is 2. The van der Waals surface area contributed by atoms with Crippen molar-refractivity contribution in [3.63, 3.8) is 0 Å². The fourth-order valence-corrected chi connectivity index (χ4v) is 1.26. The first kappa shape index (κ1) is 12.3. The van der Waals surface area contributed by atoms with E-state index in [4.69, 9.17) is 0 Å². The molecule has 0 radical (unpaired) electrons. The Hall–Kier alpha value is -1.82. The van der Waals surface area contributed by atoms with Gasteiger partial charge in [-0.2, -0.15) is 0 Å². The van der Waals surface area contributed by atoms with Gasteiger partial charge in [0.1, 0.15) is 6.61 Å². The highest BCUT2D eigenvalue weighted by atomic mass is 16.6. The van der Waals surface area contributed by atoms with Crippen LogP contribution in [0.15, 0.2) is 12.3 Å². The van der Waals surface area contributed by atoms with Gasteiger partial charge >= 0.3 is 0 Å². The van der Waals surface area contributed by atoms with Crippen LogP contribution >= 0.6 is 0 Å². The second-order valence-corrected chi connectivity index (χ2v) is 3.37. The zero-order valence-electron chi connectivity index (χ0n) is 9.10. The molecule has 0 atom stereocenters. The summed E-state index contributed by atoms with van der Waals surface area (Å²) in [6.45, 7) is 1.59. The highest BCUT2D eigenvalue weighted by Crippen LogP contribution is 2.17. The zero-order valence-corrected chi connectivity index (χ0v) is 9.10. The molecule has 6 nitrogen and oxygen atoms in total. The summed E-state index contributed by atoms with van der Waals surface area (Å²) in [5.41, 5.74) is 0.850. The zero-order chi connectivity index (χ0) is 12.1. The molecule has 6 heteroatoms. The van der Waals surface area contributed by atoms with E-state index in [1.54, 1.807) is 6.92 Å². The lowest BCUT2D eigenvalue weighted by atomic mass is 10.1. The molecule has 0 aliphatic carbocycles. The fourth-order valence-electron chi connectivity index (χ4n) is 1.26. The molecule has 1 aromatic heterocycles. The number of Topliss-reactive ketones (excluding diaryl/α,β-unsaturated/α-hetero) is 1. The minimum Gasteiger partial charge on any atom is -0.377 e. The van der Waals surface area contributed by atoms with Crippen molar-refractivity contribution < 1.29 is 14.5 Å². The fraction of sp³-hybridized carbons (Fsp3) is 0.400. The molecule has 0 aliphatic rings. The second-order valence-electron chi connectivity index (χ2n) is 3.37. The lowest BCUT2D eigenvalue weighted by Gasteiger charge is -2.01. The van der Waals surface area contributed by atoms with Crippen molar-refractivity contribution in [1.82, 2.24) is 4.98 Å². The Morgan fingerprint density at radius 1 is 1.62 bits per heavy atom. The van der Waals surface area contributed by atoms with Crippen LogP contribution in [-0.2, 0) is 16.0 Å². The molecule has 1 aromatic rings. The summed E-state index contributed by atoms with van der Waals surface area (Å²) < 4.78 is 4.67. The summed E-state index contributed by atoms with van der Waals surface area (Å²) in [4.78, 5) is 25.4. The van der Waals surface area contributed by atoms with Gasteiger partial charge in [0.05, 0.1) is 17.0 Å². The largest absolute Gasteiger partial charge is 0.377 e. The van der Waals surface area contributed by atoms with E-state index >= 15 is 0 Å². The van der Waals surface area contributed by atoms with Crippen LogP contribution in [-0.4, -0.2) is 29.4 Å². The Bertz CT molecular complexity index is 417. The van der Waals surface area contributed by atoms with Crippen molar-refractivity contribution in [2.24, 2.45) is 0 Å². The highest BCUT2D eigenvalue weighted by molar-refractivity contribution is 5.81. The standard InChI is InChI=1S/C10H12N2O4/c1-7-5-11-8(3-9(13)6-16-2)4-10(7)12(14)15/h4-5H,3,6H2,1-2H3. The third-order valence-electron chi connectivity index (χ3n) is 2.01. The molecule has 0 N–H and O–H groups in total.